The average Bonchev–Trinajstić information content (AvgIpc) is 4.40. The summed E-state index contributed by atoms with van der Waals surface area (Å²) in [5, 5.41) is 42.3. The lowest BCUT2D eigenvalue weighted by Gasteiger charge is -2.50. The van der Waals surface area contributed by atoms with E-state index >= 15 is 0 Å². The number of hydrogen-bond donors (Lipinski definition) is 4. The van der Waals surface area contributed by atoms with E-state index < -0.39 is 103 Å². The molecule has 12 bridgehead atoms. The normalized spacial score (nSPS) is 57.6. The molecule has 16 saturated heterocycles. The van der Waals surface area contributed by atoms with Crippen molar-refractivity contribution in [2.24, 2.45) is 23.7 Å². The van der Waals surface area contributed by atoms with E-state index in [2.05, 4.69) is 40.9 Å². The molecule has 8 unspecified atom stereocenters. The van der Waals surface area contributed by atoms with Crippen LogP contribution in [0.3, 0.4) is 0 Å². The maximum absolute atomic E-state index is 14.6. The van der Waals surface area contributed by atoms with E-state index in [-0.39, 0.29) is 122 Å². The van der Waals surface area contributed by atoms with Crippen molar-refractivity contribution in [2.45, 2.75) is 313 Å². The summed E-state index contributed by atoms with van der Waals surface area (Å²) in [5.41, 5.74) is 2.08. The lowest BCUT2D eigenvalue weighted by molar-refractivity contribution is -0.347. The van der Waals surface area contributed by atoms with Gasteiger partial charge in [-0.3, -0.25) is 4.79 Å². The highest BCUT2D eigenvalue weighted by atomic mass is 16.8. The van der Waals surface area contributed by atoms with Gasteiger partial charge in [0, 0.05) is 63.7 Å². The molecule has 20 nitrogen and oxygen atoms in total. The van der Waals surface area contributed by atoms with Crippen LogP contribution in [0.25, 0.3) is 0 Å². The van der Waals surface area contributed by atoms with Crippen LogP contribution in [-0.4, -0.2) is 203 Å². The molecule has 0 aromatic carbocycles. The van der Waals surface area contributed by atoms with Crippen LogP contribution in [0.15, 0.2) is 24.3 Å². The second kappa shape index (κ2) is 20.2. The van der Waals surface area contributed by atoms with Crippen molar-refractivity contribution in [3.05, 3.63) is 24.3 Å². The van der Waals surface area contributed by atoms with Crippen LogP contribution in [0.4, 0.5) is 0 Å². The molecule has 80 heavy (non-hydrogen) atoms. The van der Waals surface area contributed by atoms with E-state index in [9.17, 15) is 25.2 Å². The third-order valence-corrected chi connectivity index (χ3v) is 22.0. The number of carbonyl (C=O) groups excluding carboxylic acids is 1. The number of esters is 1. The molecule has 0 aromatic heterocycles. The zero-order valence-corrected chi connectivity index (χ0v) is 46.8. The number of carbonyl (C=O) groups is 1. The lowest BCUT2D eigenvalue weighted by atomic mass is 9.79. The minimum absolute atomic E-state index is 0.0152. The molecule has 32 atom stereocenters. The number of hydrogen-bond acceptors (Lipinski definition) is 20. The largest absolute Gasteiger partial charge is 0.459 e. The zero-order valence-electron chi connectivity index (χ0n) is 46.8. The van der Waals surface area contributed by atoms with Crippen molar-refractivity contribution in [3.8, 4) is 0 Å². The standard InChI is InChI=1S/C60H86O20/c1-26-13-33-7-9-37-27(2)14-35(66-37)11-12-57-25-60(65)56(80-57)55-54(79-60)53(78-57)52-38(70-55)10-8-34(68-52)16-47(64)73-51-31(6)50-43(69-42(51)17-39(67-33)30(26)5)19-41-45(72-50)22-59(74-41)23-46-49(77-59)29(4)21-58(76-46)20-28(3)48-44(75-58)18-40(71-48)36(63)15-32(62)24-61/h26,28-29,31-46,48-56,61-63,65H,2,5,7-25H2,1,3-4,6H3/t26-,28+,29+,31+,32-,33+,34-,35?,36+,37?,38+,39?,40+,41?,42+,43+,44+,45-,46+,48+,49+,50+,51-,52+,53?,54+,55-,56?,57-,58?,59-,60?/m1/s1. The molecular weight excluding hydrogens is 1040 g/mol. The summed E-state index contributed by atoms with van der Waals surface area (Å²) in [7, 11) is 0. The summed E-state index contributed by atoms with van der Waals surface area (Å²) in [6, 6.07) is 0. The first-order chi connectivity index (χ1) is 38.3. The topological polar surface area (TPSA) is 236 Å². The Balaban J connectivity index is 0.658. The lowest BCUT2D eigenvalue weighted by Crippen LogP contribution is -2.62. The van der Waals surface area contributed by atoms with Gasteiger partial charge in [0.25, 0.3) is 0 Å². The van der Waals surface area contributed by atoms with E-state index in [1.807, 2.05) is 0 Å². The number of fused-ring (bicyclic) bond motifs is 10. The van der Waals surface area contributed by atoms with Crippen LogP contribution in [0, 0.1) is 23.7 Å². The highest BCUT2D eigenvalue weighted by molar-refractivity contribution is 5.70. The molecule has 0 saturated carbocycles. The van der Waals surface area contributed by atoms with Crippen molar-refractivity contribution in [1.82, 2.24) is 0 Å². The second-order valence-corrected chi connectivity index (χ2v) is 27.8. The summed E-state index contributed by atoms with van der Waals surface area (Å²) >= 11 is 0. The molecule has 0 radical (unpaired) electrons. The van der Waals surface area contributed by atoms with Gasteiger partial charge in [0.05, 0.1) is 129 Å². The Hall–Kier alpha value is -1.77. The molecule has 3 spiro atoms. The fourth-order valence-corrected chi connectivity index (χ4v) is 18.2. The third kappa shape index (κ3) is 9.31. The van der Waals surface area contributed by atoms with E-state index in [4.69, 9.17) is 71.1 Å². The summed E-state index contributed by atoms with van der Waals surface area (Å²) < 4.78 is 103. The Morgan fingerprint density at radius 1 is 0.550 bits per heavy atom. The van der Waals surface area contributed by atoms with E-state index in [0.717, 1.165) is 36.8 Å². The first kappa shape index (κ1) is 54.9. The fraction of sp³-hybridized carbons (Fsp3) is 0.917. The molecule has 4 N–H and O–H groups in total. The van der Waals surface area contributed by atoms with Gasteiger partial charge in [0.1, 0.15) is 36.6 Å². The molecule has 0 aliphatic carbocycles. The van der Waals surface area contributed by atoms with E-state index in [0.29, 0.717) is 70.6 Å². The molecular formula is C60H86O20. The Labute approximate surface area is 468 Å². The van der Waals surface area contributed by atoms with Crippen molar-refractivity contribution in [1.29, 1.82) is 0 Å². The first-order valence-corrected chi connectivity index (χ1v) is 30.9. The summed E-state index contributed by atoms with van der Waals surface area (Å²) in [6.07, 6.45) is -0.945. The van der Waals surface area contributed by atoms with Gasteiger partial charge in [-0.25, -0.2) is 0 Å². The van der Waals surface area contributed by atoms with Gasteiger partial charge in [-0.15, -0.1) is 0 Å². The molecule has 446 valence electrons. The highest BCUT2D eigenvalue weighted by Crippen LogP contribution is 2.59. The maximum atomic E-state index is 14.6. The van der Waals surface area contributed by atoms with Crippen LogP contribution < -0.4 is 0 Å². The number of aliphatic hydroxyl groups is 4. The molecule has 16 heterocycles. The summed E-state index contributed by atoms with van der Waals surface area (Å²) in [4.78, 5) is 14.6. The van der Waals surface area contributed by atoms with Gasteiger partial charge in [-0.05, 0) is 73.8 Å². The predicted molar refractivity (Wildman–Crippen MR) is 275 cm³/mol. The first-order valence-electron chi connectivity index (χ1n) is 30.9. The zero-order chi connectivity index (χ0) is 54.9. The van der Waals surface area contributed by atoms with Crippen LogP contribution in [-0.2, 0) is 75.8 Å². The maximum Gasteiger partial charge on any atom is 0.308 e. The van der Waals surface area contributed by atoms with Crippen LogP contribution in [0.1, 0.15) is 143 Å². The third-order valence-electron chi connectivity index (χ3n) is 22.0. The second-order valence-electron chi connectivity index (χ2n) is 27.8. The van der Waals surface area contributed by atoms with Crippen molar-refractivity contribution >= 4 is 5.97 Å². The average molecular weight is 1130 g/mol. The smallest absolute Gasteiger partial charge is 0.308 e. The van der Waals surface area contributed by atoms with Gasteiger partial charge in [0.15, 0.2) is 17.4 Å². The fourth-order valence-electron chi connectivity index (χ4n) is 18.2. The van der Waals surface area contributed by atoms with Gasteiger partial charge in [0.2, 0.25) is 5.79 Å². The molecule has 16 fully saturated rings. The Morgan fingerprint density at radius 2 is 1.25 bits per heavy atom. The number of ether oxygens (including phenoxy) is 15. The number of rotatable bonds is 4. The van der Waals surface area contributed by atoms with Gasteiger partial charge >= 0.3 is 5.97 Å². The Bertz CT molecular complexity index is 2400. The SMILES string of the molecule is C=C1CC2CC[C@@]34CC5(O)O[C@H]6C(O3)[C@H]3O[C@H](CC[C@@H]3O[C@H]6C5O4)CC(=O)O[C@@H]3[C@@H](C)[C@@H]4O[C@@H]5C[C@@]6(C[C@@H]7OC8(C[C@H](C)[C@@H]9O[C@H]([C@@H](O)C[C@@H](O)CO)C[C@@H]9O8)C[C@H](C)[C@@H]7O6)OC5C[C@@H]4O[C@H]3CC3O[C@@H](CCC1O2)C[C@@H](C)C3=C. The van der Waals surface area contributed by atoms with Crippen molar-refractivity contribution < 1.29 is 96.3 Å². The summed E-state index contributed by atoms with van der Waals surface area (Å²) in [6.45, 7) is 17.3. The monoisotopic (exact) mass is 1130 g/mol. The van der Waals surface area contributed by atoms with Crippen LogP contribution in [0.5, 0.6) is 0 Å². The van der Waals surface area contributed by atoms with Crippen LogP contribution in [0.2, 0.25) is 0 Å². The molecule has 16 aliphatic heterocycles. The van der Waals surface area contributed by atoms with Gasteiger partial charge in [-0.1, -0.05) is 40.9 Å². The molecule has 0 amide bonds. The van der Waals surface area contributed by atoms with Gasteiger partial charge in [-0.2, -0.15) is 0 Å². The van der Waals surface area contributed by atoms with Gasteiger partial charge < -0.3 is 91.5 Å². The van der Waals surface area contributed by atoms with E-state index in [1.165, 1.54) is 0 Å². The minimum atomic E-state index is -1.55. The van der Waals surface area contributed by atoms with E-state index in [1.54, 1.807) is 0 Å². The molecule has 16 aliphatic rings. The molecule has 0 aromatic rings. The minimum Gasteiger partial charge on any atom is -0.459 e. The number of aliphatic hydroxyl groups excluding tert-OH is 3. The predicted octanol–water partition coefficient (Wildman–Crippen LogP) is 4.25. The van der Waals surface area contributed by atoms with Crippen molar-refractivity contribution in [2.75, 3.05) is 6.61 Å². The highest BCUT2D eigenvalue weighted by Gasteiger charge is 2.75. The van der Waals surface area contributed by atoms with Crippen molar-refractivity contribution in [3.63, 3.8) is 0 Å². The Morgan fingerprint density at radius 3 is 2.09 bits per heavy atom. The summed E-state index contributed by atoms with van der Waals surface area (Å²) in [5.74, 6) is -4.74. The molecule has 20 heteroatoms. The Kier molecular flexibility index (Phi) is 13.8. The van der Waals surface area contributed by atoms with Crippen LogP contribution >= 0.6 is 0 Å². The quantitative estimate of drug-likeness (QED) is 0.228. The molecule has 16 rings (SSSR count).